The van der Waals surface area contributed by atoms with Gasteiger partial charge in [0.15, 0.2) is 0 Å². The number of nitrogens with one attached hydrogen (secondary N) is 1. The molecule has 1 N–H and O–H groups in total. The molecule has 0 bridgehead atoms. The molecule has 0 radical (unpaired) electrons. The molecule has 2 rings (SSSR count). The van der Waals surface area contributed by atoms with Gasteiger partial charge in [0.25, 0.3) is 11.6 Å². The van der Waals surface area contributed by atoms with Crippen LogP contribution in [0.25, 0.3) is 0 Å². The number of non-ortho nitro benzene ring substituents is 1. The Bertz CT molecular complexity index is 815. The SMILES string of the molecule is Cc1ccc([N+](=O)[O-])cc1C(=O)Nc1ccccc1SCCC#N. The topological polar surface area (TPSA) is 96.0 Å². The first kappa shape index (κ1) is 17.5. The average molecular weight is 341 g/mol. The number of nitrogens with zero attached hydrogens (tertiary/aromatic N) is 2. The first-order valence-corrected chi connectivity index (χ1v) is 8.16. The second-order valence-corrected chi connectivity index (χ2v) is 6.10. The predicted octanol–water partition coefficient (Wildman–Crippen LogP) is 4.16. The van der Waals surface area contributed by atoms with Gasteiger partial charge in [-0.25, -0.2) is 0 Å². The van der Waals surface area contributed by atoms with Crippen molar-refractivity contribution < 1.29 is 9.72 Å². The minimum Gasteiger partial charge on any atom is -0.321 e. The van der Waals surface area contributed by atoms with E-state index >= 15 is 0 Å². The molecule has 7 heteroatoms. The number of amides is 1. The highest BCUT2D eigenvalue weighted by molar-refractivity contribution is 7.99. The maximum atomic E-state index is 12.5. The molecule has 122 valence electrons. The maximum absolute atomic E-state index is 12.5. The van der Waals surface area contributed by atoms with Crippen LogP contribution in [0, 0.1) is 28.4 Å². The van der Waals surface area contributed by atoms with Crippen LogP contribution in [0.4, 0.5) is 11.4 Å². The van der Waals surface area contributed by atoms with E-state index in [1.54, 1.807) is 25.1 Å². The van der Waals surface area contributed by atoms with Crippen molar-refractivity contribution in [2.45, 2.75) is 18.2 Å². The van der Waals surface area contributed by atoms with E-state index < -0.39 is 10.8 Å². The first-order chi connectivity index (χ1) is 11.5. The molecule has 0 aromatic heterocycles. The molecule has 0 unspecified atom stereocenters. The minimum absolute atomic E-state index is 0.123. The number of benzene rings is 2. The Hall–Kier alpha value is -2.85. The number of anilines is 1. The lowest BCUT2D eigenvalue weighted by molar-refractivity contribution is -0.384. The van der Waals surface area contributed by atoms with Crippen molar-refractivity contribution in [3.8, 4) is 6.07 Å². The summed E-state index contributed by atoms with van der Waals surface area (Å²) < 4.78 is 0. The molecule has 0 aliphatic rings. The van der Waals surface area contributed by atoms with Gasteiger partial charge in [0.2, 0.25) is 0 Å². The molecule has 0 spiro atoms. The molecule has 0 heterocycles. The zero-order valence-corrected chi connectivity index (χ0v) is 13.8. The van der Waals surface area contributed by atoms with Gasteiger partial charge in [0, 0.05) is 34.8 Å². The Morgan fingerprint density at radius 2 is 2.08 bits per heavy atom. The highest BCUT2D eigenvalue weighted by Crippen LogP contribution is 2.28. The van der Waals surface area contributed by atoms with Gasteiger partial charge in [-0.1, -0.05) is 18.2 Å². The smallest absolute Gasteiger partial charge is 0.270 e. The summed E-state index contributed by atoms with van der Waals surface area (Å²) in [4.78, 5) is 23.7. The largest absolute Gasteiger partial charge is 0.321 e. The molecule has 0 aliphatic carbocycles. The second kappa shape index (κ2) is 8.13. The lowest BCUT2D eigenvalue weighted by Crippen LogP contribution is -2.14. The average Bonchev–Trinajstić information content (AvgIpc) is 2.56. The normalized spacial score (nSPS) is 10.0. The number of thioether (sulfide) groups is 1. The van der Waals surface area contributed by atoms with Crippen molar-refractivity contribution in [2.75, 3.05) is 11.1 Å². The van der Waals surface area contributed by atoms with Crippen LogP contribution in [-0.4, -0.2) is 16.6 Å². The number of nitro groups is 1. The van der Waals surface area contributed by atoms with Crippen molar-refractivity contribution >= 4 is 29.0 Å². The quantitative estimate of drug-likeness (QED) is 0.368. The van der Waals surface area contributed by atoms with Gasteiger partial charge < -0.3 is 5.32 Å². The van der Waals surface area contributed by atoms with Gasteiger partial charge in [0.05, 0.1) is 16.7 Å². The molecule has 1 amide bonds. The van der Waals surface area contributed by atoms with Gasteiger partial charge in [0.1, 0.15) is 0 Å². The summed E-state index contributed by atoms with van der Waals surface area (Å²) >= 11 is 1.48. The van der Waals surface area contributed by atoms with E-state index in [2.05, 4.69) is 11.4 Å². The number of aryl methyl sites for hydroxylation is 1. The molecular formula is C17H15N3O3S. The molecule has 6 nitrogen and oxygen atoms in total. The molecule has 0 saturated carbocycles. The third-order valence-electron chi connectivity index (χ3n) is 3.28. The van der Waals surface area contributed by atoms with Crippen molar-refractivity contribution in [3.63, 3.8) is 0 Å². The van der Waals surface area contributed by atoms with Gasteiger partial charge in [-0.15, -0.1) is 11.8 Å². The zero-order chi connectivity index (χ0) is 17.5. The Morgan fingerprint density at radius 1 is 1.33 bits per heavy atom. The maximum Gasteiger partial charge on any atom is 0.270 e. The van der Waals surface area contributed by atoms with Crippen molar-refractivity contribution in [1.29, 1.82) is 5.26 Å². The van der Waals surface area contributed by atoms with E-state index in [0.717, 1.165) is 4.90 Å². The number of carbonyl (C=O) groups excluding carboxylic acids is 1. The van der Waals surface area contributed by atoms with Gasteiger partial charge >= 0.3 is 0 Å². The Morgan fingerprint density at radius 3 is 2.79 bits per heavy atom. The Kier molecular flexibility index (Phi) is 5.93. The van der Waals surface area contributed by atoms with Crippen LogP contribution < -0.4 is 5.32 Å². The number of hydrogen-bond donors (Lipinski definition) is 1. The number of para-hydroxylation sites is 1. The summed E-state index contributed by atoms with van der Waals surface area (Å²) in [7, 11) is 0. The fourth-order valence-electron chi connectivity index (χ4n) is 2.06. The Balaban J connectivity index is 2.23. The fraction of sp³-hybridized carbons (Fsp3) is 0.176. The monoisotopic (exact) mass is 341 g/mol. The van der Waals surface area contributed by atoms with Crippen LogP contribution in [0.3, 0.4) is 0 Å². The summed E-state index contributed by atoms with van der Waals surface area (Å²) in [6.45, 7) is 1.73. The van der Waals surface area contributed by atoms with Crippen LogP contribution in [0.2, 0.25) is 0 Å². The van der Waals surface area contributed by atoms with E-state index in [4.69, 9.17) is 5.26 Å². The highest BCUT2D eigenvalue weighted by Gasteiger charge is 2.16. The highest BCUT2D eigenvalue weighted by atomic mass is 32.2. The summed E-state index contributed by atoms with van der Waals surface area (Å²) in [6.07, 6.45) is 0.414. The molecule has 2 aromatic rings. The van der Waals surface area contributed by atoms with Crippen LogP contribution >= 0.6 is 11.8 Å². The fourth-order valence-corrected chi connectivity index (χ4v) is 2.92. The minimum atomic E-state index is -0.526. The molecule has 0 fully saturated rings. The molecule has 0 aliphatic heterocycles. The number of carbonyl (C=O) groups is 1. The summed E-state index contributed by atoms with van der Waals surface area (Å²) in [5.74, 6) is 0.226. The van der Waals surface area contributed by atoms with Gasteiger partial charge in [-0.05, 0) is 24.6 Å². The summed E-state index contributed by atoms with van der Waals surface area (Å²) in [5, 5.41) is 22.3. The standard InChI is InChI=1S/C17H15N3O3S/c1-12-7-8-13(20(22)23)11-14(12)17(21)19-15-5-2-3-6-16(15)24-10-4-9-18/h2-3,5-8,11H,4,10H2,1H3,(H,19,21). The van der Waals surface area contributed by atoms with Crippen molar-refractivity contribution in [3.05, 3.63) is 63.7 Å². The van der Waals surface area contributed by atoms with Crippen LogP contribution in [-0.2, 0) is 0 Å². The van der Waals surface area contributed by atoms with Crippen LogP contribution in [0.5, 0.6) is 0 Å². The third kappa shape index (κ3) is 4.33. The third-order valence-corrected chi connectivity index (χ3v) is 4.36. The molecule has 0 atom stereocenters. The van der Waals surface area contributed by atoms with Crippen molar-refractivity contribution in [2.24, 2.45) is 0 Å². The van der Waals surface area contributed by atoms with E-state index in [-0.39, 0.29) is 11.3 Å². The molecule has 2 aromatic carbocycles. The summed E-state index contributed by atoms with van der Waals surface area (Å²) in [6, 6.07) is 13.5. The van der Waals surface area contributed by atoms with E-state index in [1.807, 2.05) is 12.1 Å². The van der Waals surface area contributed by atoms with Gasteiger partial charge in [-0.3, -0.25) is 14.9 Å². The lowest BCUT2D eigenvalue weighted by atomic mass is 10.1. The zero-order valence-electron chi connectivity index (χ0n) is 13.0. The number of rotatable bonds is 6. The van der Waals surface area contributed by atoms with E-state index in [0.29, 0.717) is 23.4 Å². The number of nitriles is 1. The molecule has 24 heavy (non-hydrogen) atoms. The predicted molar refractivity (Wildman–Crippen MR) is 93.2 cm³/mol. The molecular weight excluding hydrogens is 326 g/mol. The lowest BCUT2D eigenvalue weighted by Gasteiger charge is -2.11. The van der Waals surface area contributed by atoms with E-state index in [9.17, 15) is 14.9 Å². The van der Waals surface area contributed by atoms with Crippen molar-refractivity contribution in [1.82, 2.24) is 0 Å². The number of nitro benzene ring substituents is 1. The second-order valence-electron chi connectivity index (χ2n) is 4.96. The number of hydrogen-bond acceptors (Lipinski definition) is 5. The molecule has 0 saturated heterocycles. The summed E-state index contributed by atoms with van der Waals surface area (Å²) in [5.41, 5.74) is 1.42. The van der Waals surface area contributed by atoms with Crippen LogP contribution in [0.1, 0.15) is 22.3 Å². The van der Waals surface area contributed by atoms with Crippen LogP contribution in [0.15, 0.2) is 47.4 Å². The van der Waals surface area contributed by atoms with E-state index in [1.165, 1.54) is 23.9 Å². The Labute approximate surface area is 143 Å². The first-order valence-electron chi connectivity index (χ1n) is 7.18. The van der Waals surface area contributed by atoms with Gasteiger partial charge in [-0.2, -0.15) is 5.26 Å².